The summed E-state index contributed by atoms with van der Waals surface area (Å²) in [4.78, 5) is 24.8. The molecule has 1 fully saturated rings. The first-order valence-corrected chi connectivity index (χ1v) is 9.39. The number of nitrogens with one attached hydrogen (secondary N) is 2. The summed E-state index contributed by atoms with van der Waals surface area (Å²) in [7, 11) is 1.62. The number of para-hydroxylation sites is 2. The van der Waals surface area contributed by atoms with E-state index in [-0.39, 0.29) is 12.0 Å². The molecule has 1 aliphatic heterocycles. The van der Waals surface area contributed by atoms with E-state index >= 15 is 0 Å². The van der Waals surface area contributed by atoms with Crippen LogP contribution in [-0.4, -0.2) is 38.7 Å². The van der Waals surface area contributed by atoms with Gasteiger partial charge < -0.3 is 20.1 Å². The van der Waals surface area contributed by atoms with Crippen molar-refractivity contribution in [1.82, 2.24) is 5.32 Å². The zero-order chi connectivity index (χ0) is 20.7. The van der Waals surface area contributed by atoms with Gasteiger partial charge in [-0.1, -0.05) is 30.3 Å². The molecule has 0 aliphatic carbocycles. The molecule has 0 atom stereocenters. The molecule has 2 amide bonds. The van der Waals surface area contributed by atoms with Crippen molar-refractivity contribution in [3.05, 3.63) is 59.7 Å². The predicted molar refractivity (Wildman–Crippen MR) is 108 cm³/mol. The average molecular weight is 393 g/mol. The van der Waals surface area contributed by atoms with Gasteiger partial charge in [0.1, 0.15) is 11.8 Å². The number of hydrogen-bond acceptors (Lipinski definition) is 5. The van der Waals surface area contributed by atoms with Gasteiger partial charge >= 0.3 is 11.8 Å². The Labute approximate surface area is 169 Å². The predicted octanol–water partition coefficient (Wildman–Crippen LogP) is 2.37. The molecule has 0 saturated carbocycles. The summed E-state index contributed by atoms with van der Waals surface area (Å²) in [5, 5.41) is 14.4. The Hall–Kier alpha value is -3.37. The monoisotopic (exact) mass is 393 g/mol. The fourth-order valence-electron chi connectivity index (χ4n) is 3.58. The van der Waals surface area contributed by atoms with Crippen molar-refractivity contribution in [3.63, 3.8) is 0 Å². The van der Waals surface area contributed by atoms with E-state index in [2.05, 4.69) is 10.6 Å². The van der Waals surface area contributed by atoms with Crippen molar-refractivity contribution >= 4 is 17.5 Å². The van der Waals surface area contributed by atoms with E-state index in [1.54, 1.807) is 31.4 Å². The molecule has 2 N–H and O–H groups in total. The van der Waals surface area contributed by atoms with Crippen LogP contribution in [0.1, 0.15) is 24.0 Å². The van der Waals surface area contributed by atoms with Crippen molar-refractivity contribution < 1.29 is 19.1 Å². The molecular weight excluding hydrogens is 370 g/mol. The number of amides is 2. The summed E-state index contributed by atoms with van der Waals surface area (Å²) in [5.74, 6) is -0.815. The third-order valence-corrected chi connectivity index (χ3v) is 5.22. The highest BCUT2D eigenvalue weighted by Crippen LogP contribution is 2.39. The lowest BCUT2D eigenvalue weighted by Crippen LogP contribution is -2.47. The summed E-state index contributed by atoms with van der Waals surface area (Å²) in [6, 6.07) is 16.2. The number of rotatable bonds is 5. The summed E-state index contributed by atoms with van der Waals surface area (Å²) >= 11 is 0. The normalized spacial score (nSPS) is 15.0. The van der Waals surface area contributed by atoms with E-state index in [1.807, 2.05) is 30.3 Å². The van der Waals surface area contributed by atoms with E-state index in [1.165, 1.54) is 0 Å². The number of carbonyl (C=O) groups excluding carboxylic acids is 2. The van der Waals surface area contributed by atoms with Gasteiger partial charge in [-0.15, -0.1) is 0 Å². The van der Waals surface area contributed by atoms with Gasteiger partial charge in [0.2, 0.25) is 0 Å². The molecule has 0 spiro atoms. The first-order chi connectivity index (χ1) is 14.1. The Morgan fingerprint density at radius 1 is 1.10 bits per heavy atom. The van der Waals surface area contributed by atoms with Gasteiger partial charge in [-0.25, -0.2) is 0 Å². The highest BCUT2D eigenvalue weighted by atomic mass is 16.5. The highest BCUT2D eigenvalue weighted by Gasteiger charge is 2.37. The number of nitriles is 1. The maximum absolute atomic E-state index is 12.4. The van der Waals surface area contributed by atoms with Crippen LogP contribution >= 0.6 is 0 Å². The number of methoxy groups -OCH3 is 1. The van der Waals surface area contributed by atoms with E-state index in [9.17, 15) is 9.59 Å². The number of hydrogen-bond donors (Lipinski definition) is 2. The van der Waals surface area contributed by atoms with Crippen LogP contribution in [-0.2, 0) is 19.7 Å². The van der Waals surface area contributed by atoms with Crippen molar-refractivity contribution in [3.8, 4) is 11.8 Å². The minimum absolute atomic E-state index is 0.281. The van der Waals surface area contributed by atoms with E-state index in [0.29, 0.717) is 37.3 Å². The van der Waals surface area contributed by atoms with Crippen molar-refractivity contribution in [2.45, 2.75) is 18.3 Å². The average Bonchev–Trinajstić information content (AvgIpc) is 2.78. The highest BCUT2D eigenvalue weighted by molar-refractivity contribution is 6.39. The van der Waals surface area contributed by atoms with Gasteiger partial charge in [-0.05, 0) is 31.0 Å². The van der Waals surface area contributed by atoms with Crippen LogP contribution < -0.4 is 15.4 Å². The fourth-order valence-corrected chi connectivity index (χ4v) is 3.58. The molecule has 2 aromatic carbocycles. The Morgan fingerprint density at radius 2 is 1.79 bits per heavy atom. The smallest absolute Gasteiger partial charge is 0.313 e. The number of carbonyl (C=O) groups is 2. The van der Waals surface area contributed by atoms with E-state index < -0.39 is 11.8 Å². The van der Waals surface area contributed by atoms with Crippen LogP contribution in [0.4, 0.5) is 5.69 Å². The van der Waals surface area contributed by atoms with Crippen LogP contribution in [0, 0.1) is 11.3 Å². The first-order valence-electron chi connectivity index (χ1n) is 9.39. The molecule has 2 aromatic rings. The summed E-state index contributed by atoms with van der Waals surface area (Å²) in [5.41, 5.74) is 1.20. The molecule has 0 radical (unpaired) electrons. The Balaban J connectivity index is 1.73. The second-order valence-corrected chi connectivity index (χ2v) is 6.89. The van der Waals surface area contributed by atoms with Gasteiger partial charge in [0, 0.05) is 30.7 Å². The summed E-state index contributed by atoms with van der Waals surface area (Å²) in [6.45, 7) is 1.41. The molecule has 0 bridgehead atoms. The molecule has 7 nitrogen and oxygen atoms in total. The zero-order valence-electron chi connectivity index (χ0n) is 16.2. The molecule has 7 heteroatoms. The maximum Gasteiger partial charge on any atom is 0.313 e. The van der Waals surface area contributed by atoms with Gasteiger partial charge in [-0.3, -0.25) is 9.59 Å². The van der Waals surface area contributed by atoms with Crippen LogP contribution in [0.2, 0.25) is 0 Å². The maximum atomic E-state index is 12.4. The van der Waals surface area contributed by atoms with Crippen LogP contribution in [0.5, 0.6) is 5.75 Å². The largest absolute Gasteiger partial charge is 0.496 e. The third kappa shape index (κ3) is 4.55. The molecular formula is C22H23N3O4. The lowest BCUT2D eigenvalue weighted by Gasteiger charge is -2.38. The minimum atomic E-state index is -0.810. The number of ether oxygens (including phenoxy) is 2. The van der Waals surface area contributed by atoms with Crippen LogP contribution in [0.15, 0.2) is 48.5 Å². The zero-order valence-corrected chi connectivity index (χ0v) is 16.2. The molecule has 1 heterocycles. The van der Waals surface area contributed by atoms with Crippen LogP contribution in [0.3, 0.4) is 0 Å². The molecule has 150 valence electrons. The molecule has 0 aromatic heterocycles. The number of nitrogens with zero attached hydrogens (tertiary/aromatic N) is 1. The lowest BCUT2D eigenvalue weighted by atomic mass is 9.73. The molecule has 29 heavy (non-hydrogen) atoms. The topological polar surface area (TPSA) is 100 Å². The van der Waals surface area contributed by atoms with Gasteiger partial charge in [0.25, 0.3) is 0 Å². The van der Waals surface area contributed by atoms with E-state index in [4.69, 9.17) is 14.7 Å². The molecule has 1 saturated heterocycles. The standard InChI is InChI=1S/C22H23N3O4/c1-28-19-9-5-3-7-17(19)22(10-12-29-13-11-22)15-24-20(26)21(27)25-18-8-4-2-6-16(18)14-23/h2-9H,10-13,15H2,1H3,(H,24,26)(H,25,27). The number of anilines is 1. The van der Waals surface area contributed by atoms with Gasteiger partial charge in [-0.2, -0.15) is 5.26 Å². The Kier molecular flexibility index (Phi) is 6.47. The minimum Gasteiger partial charge on any atom is -0.496 e. The van der Waals surface area contributed by atoms with Gasteiger partial charge in [0.05, 0.1) is 18.4 Å². The van der Waals surface area contributed by atoms with Gasteiger partial charge in [0.15, 0.2) is 0 Å². The molecule has 3 rings (SSSR count). The second kappa shape index (κ2) is 9.22. The van der Waals surface area contributed by atoms with E-state index in [0.717, 1.165) is 11.3 Å². The number of benzene rings is 2. The quantitative estimate of drug-likeness (QED) is 0.760. The molecule has 0 unspecified atom stereocenters. The SMILES string of the molecule is COc1ccccc1C1(CNC(=O)C(=O)Nc2ccccc2C#N)CCOCC1. The summed E-state index contributed by atoms with van der Waals surface area (Å²) in [6.07, 6.45) is 1.40. The fraction of sp³-hybridized carbons (Fsp3) is 0.318. The van der Waals surface area contributed by atoms with Crippen molar-refractivity contribution in [1.29, 1.82) is 5.26 Å². The Bertz CT molecular complexity index is 930. The third-order valence-electron chi connectivity index (χ3n) is 5.22. The lowest BCUT2D eigenvalue weighted by molar-refractivity contribution is -0.136. The van der Waals surface area contributed by atoms with Crippen LogP contribution in [0.25, 0.3) is 0 Å². The van der Waals surface area contributed by atoms with Crippen molar-refractivity contribution in [2.75, 3.05) is 32.2 Å². The Morgan fingerprint density at radius 3 is 2.52 bits per heavy atom. The van der Waals surface area contributed by atoms with Crippen molar-refractivity contribution in [2.24, 2.45) is 0 Å². The summed E-state index contributed by atoms with van der Waals surface area (Å²) < 4.78 is 11.0. The second-order valence-electron chi connectivity index (χ2n) is 6.89. The molecule has 1 aliphatic rings. The first kappa shape index (κ1) is 20.4.